The number of halogens is 2. The molecule has 0 bridgehead atoms. The van der Waals surface area contributed by atoms with E-state index in [-0.39, 0.29) is 5.54 Å². The van der Waals surface area contributed by atoms with Crippen molar-refractivity contribution < 1.29 is 0 Å². The van der Waals surface area contributed by atoms with Gasteiger partial charge in [0.2, 0.25) is 0 Å². The fourth-order valence-electron chi connectivity index (χ4n) is 3.74. The van der Waals surface area contributed by atoms with Crippen molar-refractivity contribution in [1.82, 2.24) is 10.2 Å². The molecule has 21 heavy (non-hydrogen) atoms. The molecule has 0 amide bonds. The summed E-state index contributed by atoms with van der Waals surface area (Å²) in [4.78, 5) is 2.41. The van der Waals surface area contributed by atoms with Crippen LogP contribution in [0.3, 0.4) is 0 Å². The molecule has 2 nitrogen and oxygen atoms in total. The van der Waals surface area contributed by atoms with Crippen LogP contribution in [0, 0.1) is 0 Å². The number of nitrogens with one attached hydrogen (secondary N) is 1. The summed E-state index contributed by atoms with van der Waals surface area (Å²) in [7, 11) is 6.48. The normalized spacial score (nSPS) is 19.7. The molecule has 118 valence electrons. The molecule has 0 heterocycles. The lowest BCUT2D eigenvalue weighted by atomic mass is 9.73. The molecule has 2 rings (SSSR count). The number of likely N-dealkylation sites (N-methyl/N-ethyl adjacent to an activating group) is 2. The molecule has 0 aliphatic heterocycles. The van der Waals surface area contributed by atoms with Crippen LogP contribution in [0.25, 0.3) is 0 Å². The van der Waals surface area contributed by atoms with Crippen molar-refractivity contribution in [2.45, 2.75) is 50.1 Å². The van der Waals surface area contributed by atoms with Crippen LogP contribution < -0.4 is 5.32 Å². The fourth-order valence-corrected chi connectivity index (χ4v) is 4.22. The minimum atomic E-state index is 0.218. The molecule has 0 aromatic heterocycles. The molecule has 1 saturated carbocycles. The lowest BCUT2D eigenvalue weighted by molar-refractivity contribution is 0.0598. The van der Waals surface area contributed by atoms with Crippen LogP contribution in [0.4, 0.5) is 0 Å². The smallest absolute Gasteiger partial charge is 0.0453 e. The summed E-state index contributed by atoms with van der Waals surface area (Å²) in [6.07, 6.45) is 7.40. The van der Waals surface area contributed by atoms with E-state index in [0.717, 1.165) is 11.4 Å². The maximum atomic E-state index is 6.37. The maximum absolute atomic E-state index is 6.37. The van der Waals surface area contributed by atoms with Crippen molar-refractivity contribution in [1.29, 1.82) is 0 Å². The lowest BCUT2D eigenvalue weighted by Gasteiger charge is -2.48. The molecule has 1 fully saturated rings. The first kappa shape index (κ1) is 17.1. The van der Waals surface area contributed by atoms with Gasteiger partial charge >= 0.3 is 0 Å². The Hall–Kier alpha value is -0.280. The summed E-state index contributed by atoms with van der Waals surface area (Å²) in [6, 6.07) is 6.22. The number of rotatable bonds is 5. The van der Waals surface area contributed by atoms with E-state index >= 15 is 0 Å². The third-order valence-corrected chi connectivity index (χ3v) is 5.63. The van der Waals surface area contributed by atoms with Crippen molar-refractivity contribution >= 4 is 23.2 Å². The quantitative estimate of drug-likeness (QED) is 0.862. The Morgan fingerprint density at radius 2 is 1.86 bits per heavy atom. The first-order valence-electron chi connectivity index (χ1n) is 7.78. The molecule has 1 atom stereocenters. The number of nitrogens with zero attached hydrogens (tertiary/aromatic N) is 1. The molecule has 1 aliphatic carbocycles. The van der Waals surface area contributed by atoms with Crippen molar-refractivity contribution in [2.75, 3.05) is 21.1 Å². The highest BCUT2D eigenvalue weighted by Gasteiger charge is 2.41. The van der Waals surface area contributed by atoms with Gasteiger partial charge in [-0.3, -0.25) is 0 Å². The average Bonchev–Trinajstić information content (AvgIpc) is 2.47. The summed E-state index contributed by atoms with van der Waals surface area (Å²) in [5.41, 5.74) is 1.39. The van der Waals surface area contributed by atoms with Gasteiger partial charge in [0.25, 0.3) is 0 Å². The minimum absolute atomic E-state index is 0.218. The summed E-state index contributed by atoms with van der Waals surface area (Å²) < 4.78 is 0. The molecular weight excluding hydrogens is 303 g/mol. The van der Waals surface area contributed by atoms with E-state index in [9.17, 15) is 0 Å². The van der Waals surface area contributed by atoms with Crippen molar-refractivity contribution in [3.05, 3.63) is 33.8 Å². The first-order chi connectivity index (χ1) is 9.99. The van der Waals surface area contributed by atoms with E-state index < -0.39 is 0 Å². The second-order valence-electron chi connectivity index (χ2n) is 6.34. The molecule has 0 spiro atoms. The molecule has 1 aliphatic rings. The second-order valence-corrected chi connectivity index (χ2v) is 7.18. The van der Waals surface area contributed by atoms with E-state index in [1.807, 2.05) is 12.1 Å². The van der Waals surface area contributed by atoms with E-state index in [1.165, 1.54) is 37.7 Å². The van der Waals surface area contributed by atoms with Crippen LogP contribution >= 0.6 is 23.2 Å². The lowest BCUT2D eigenvalue weighted by Crippen LogP contribution is -2.60. The van der Waals surface area contributed by atoms with Gasteiger partial charge in [0.1, 0.15) is 0 Å². The summed E-state index contributed by atoms with van der Waals surface area (Å²) in [5, 5.41) is 5.02. The van der Waals surface area contributed by atoms with E-state index in [4.69, 9.17) is 23.2 Å². The molecule has 1 aromatic rings. The predicted octanol–water partition coefficient (Wildman–Crippen LogP) is 4.39. The average molecular weight is 329 g/mol. The van der Waals surface area contributed by atoms with Gasteiger partial charge < -0.3 is 10.2 Å². The van der Waals surface area contributed by atoms with E-state index in [1.54, 1.807) is 0 Å². The first-order valence-corrected chi connectivity index (χ1v) is 8.54. The standard InChI is InChI=1S/C17H26Cl2N2/c1-20-16(11-13-7-8-14(18)12-15(13)19)17(21(2)3)9-5-4-6-10-17/h7-8,12,16,20H,4-6,9-11H2,1-3H3. The van der Waals surface area contributed by atoms with E-state index in [0.29, 0.717) is 11.1 Å². The highest BCUT2D eigenvalue weighted by molar-refractivity contribution is 6.35. The van der Waals surface area contributed by atoms with Gasteiger partial charge in [0.15, 0.2) is 0 Å². The second kappa shape index (κ2) is 7.32. The van der Waals surface area contributed by atoms with Crippen LogP contribution in [0.2, 0.25) is 10.0 Å². The third-order valence-electron chi connectivity index (χ3n) is 5.05. The molecule has 0 radical (unpaired) electrons. The van der Waals surface area contributed by atoms with Gasteiger partial charge in [-0.2, -0.15) is 0 Å². The number of hydrogen-bond acceptors (Lipinski definition) is 2. The van der Waals surface area contributed by atoms with Gasteiger partial charge in [0.05, 0.1) is 0 Å². The largest absolute Gasteiger partial charge is 0.315 e. The molecule has 1 N–H and O–H groups in total. The Labute approximate surface area is 138 Å². The van der Waals surface area contributed by atoms with Crippen molar-refractivity contribution in [3.63, 3.8) is 0 Å². The zero-order valence-electron chi connectivity index (χ0n) is 13.3. The zero-order valence-corrected chi connectivity index (χ0v) is 14.8. The predicted molar refractivity (Wildman–Crippen MR) is 92.5 cm³/mol. The molecule has 1 aromatic carbocycles. The monoisotopic (exact) mass is 328 g/mol. The summed E-state index contributed by atoms with van der Waals surface area (Å²) >= 11 is 12.4. The van der Waals surface area contributed by atoms with Crippen molar-refractivity contribution in [3.8, 4) is 0 Å². The summed E-state index contributed by atoms with van der Waals surface area (Å²) in [6.45, 7) is 0. The Morgan fingerprint density at radius 3 is 2.38 bits per heavy atom. The molecule has 1 unspecified atom stereocenters. The van der Waals surface area contributed by atoms with Crippen LogP contribution in [0.15, 0.2) is 18.2 Å². The Morgan fingerprint density at radius 1 is 1.19 bits per heavy atom. The Kier molecular flexibility index (Phi) is 5.96. The van der Waals surface area contributed by atoms with Gasteiger partial charge in [-0.1, -0.05) is 48.5 Å². The highest BCUT2D eigenvalue weighted by Crippen LogP contribution is 2.37. The maximum Gasteiger partial charge on any atom is 0.0453 e. The Balaban J connectivity index is 2.24. The molecule has 0 saturated heterocycles. The number of benzene rings is 1. The summed E-state index contributed by atoms with van der Waals surface area (Å²) in [5.74, 6) is 0. The highest BCUT2D eigenvalue weighted by atomic mass is 35.5. The SMILES string of the molecule is CNC(Cc1ccc(Cl)cc1Cl)C1(N(C)C)CCCCC1. The molecule has 4 heteroatoms. The van der Waals surface area contributed by atoms with Crippen LogP contribution in [0.5, 0.6) is 0 Å². The third kappa shape index (κ3) is 3.73. The topological polar surface area (TPSA) is 15.3 Å². The van der Waals surface area contributed by atoms with Gasteiger partial charge in [0, 0.05) is 21.6 Å². The van der Waals surface area contributed by atoms with E-state index in [2.05, 4.69) is 37.4 Å². The van der Waals surface area contributed by atoms with Crippen molar-refractivity contribution in [2.24, 2.45) is 0 Å². The van der Waals surface area contributed by atoms with Gasteiger partial charge in [-0.05, 0) is 58.1 Å². The van der Waals surface area contributed by atoms with Gasteiger partial charge in [-0.25, -0.2) is 0 Å². The minimum Gasteiger partial charge on any atom is -0.315 e. The Bertz CT molecular complexity index is 468. The van der Waals surface area contributed by atoms with Crippen LogP contribution in [-0.2, 0) is 6.42 Å². The van der Waals surface area contributed by atoms with Crippen LogP contribution in [0.1, 0.15) is 37.7 Å². The molecular formula is C17H26Cl2N2. The van der Waals surface area contributed by atoms with Crippen LogP contribution in [-0.4, -0.2) is 37.6 Å². The number of hydrogen-bond donors (Lipinski definition) is 1. The van der Waals surface area contributed by atoms with Gasteiger partial charge in [-0.15, -0.1) is 0 Å². The fraction of sp³-hybridized carbons (Fsp3) is 0.647. The zero-order chi connectivity index (χ0) is 15.5.